The van der Waals surface area contributed by atoms with E-state index in [4.69, 9.17) is 0 Å². The molecule has 0 unspecified atom stereocenters. The lowest BCUT2D eigenvalue weighted by molar-refractivity contribution is -0.118. The predicted molar refractivity (Wildman–Crippen MR) is 105 cm³/mol. The number of anilines is 1. The van der Waals surface area contributed by atoms with E-state index in [1.165, 1.54) is 13.1 Å². The maximum absolute atomic E-state index is 12.7. The molecular formula is C20H19N3O5S. The molecule has 0 radical (unpaired) electrons. The number of hydrogen-bond acceptors (Lipinski definition) is 5. The van der Waals surface area contributed by atoms with Crippen LogP contribution in [-0.4, -0.2) is 51.2 Å². The molecule has 3 amide bonds. The fourth-order valence-electron chi connectivity index (χ4n) is 3.71. The maximum atomic E-state index is 12.7. The fourth-order valence-corrected chi connectivity index (χ4v) is 4.49. The molecule has 0 aliphatic carbocycles. The lowest BCUT2D eigenvalue weighted by atomic mass is 10.1. The van der Waals surface area contributed by atoms with Gasteiger partial charge in [-0.15, -0.1) is 0 Å². The van der Waals surface area contributed by atoms with Gasteiger partial charge in [-0.25, -0.2) is 13.1 Å². The summed E-state index contributed by atoms with van der Waals surface area (Å²) in [6.45, 7) is 0.433. The zero-order valence-corrected chi connectivity index (χ0v) is 16.5. The normalized spacial score (nSPS) is 15.6. The first-order valence-electron chi connectivity index (χ1n) is 9.15. The highest BCUT2D eigenvalue weighted by Gasteiger charge is 2.36. The molecule has 9 heteroatoms. The van der Waals surface area contributed by atoms with Crippen molar-refractivity contribution in [2.45, 2.75) is 17.7 Å². The molecule has 0 bridgehead atoms. The molecule has 0 fully saturated rings. The first kappa shape index (κ1) is 19.3. The van der Waals surface area contributed by atoms with E-state index in [0.717, 1.165) is 10.5 Å². The van der Waals surface area contributed by atoms with Crippen LogP contribution in [0, 0.1) is 0 Å². The average molecular weight is 413 g/mol. The lowest BCUT2D eigenvalue weighted by Gasteiger charge is -2.20. The van der Waals surface area contributed by atoms with Crippen LogP contribution in [0.2, 0.25) is 0 Å². The summed E-state index contributed by atoms with van der Waals surface area (Å²) in [5.41, 5.74) is 2.15. The maximum Gasteiger partial charge on any atom is 0.261 e. The van der Waals surface area contributed by atoms with Crippen molar-refractivity contribution in [1.82, 2.24) is 9.62 Å². The summed E-state index contributed by atoms with van der Waals surface area (Å²) < 4.78 is 26.2. The monoisotopic (exact) mass is 413 g/mol. The highest BCUT2D eigenvalue weighted by molar-refractivity contribution is 7.89. The molecule has 2 aromatic rings. The Bertz CT molecular complexity index is 1110. The van der Waals surface area contributed by atoms with Crippen molar-refractivity contribution in [1.29, 1.82) is 0 Å². The van der Waals surface area contributed by atoms with Gasteiger partial charge in [0.1, 0.15) is 0 Å². The van der Waals surface area contributed by atoms with Gasteiger partial charge in [-0.3, -0.25) is 19.3 Å². The Hall–Kier alpha value is -3.04. The van der Waals surface area contributed by atoms with Crippen LogP contribution in [0.4, 0.5) is 5.69 Å². The van der Waals surface area contributed by atoms with Crippen LogP contribution in [0.1, 0.15) is 32.7 Å². The van der Waals surface area contributed by atoms with E-state index in [9.17, 15) is 22.8 Å². The van der Waals surface area contributed by atoms with Gasteiger partial charge in [-0.2, -0.15) is 0 Å². The van der Waals surface area contributed by atoms with Crippen LogP contribution in [0.5, 0.6) is 0 Å². The lowest BCUT2D eigenvalue weighted by Crippen LogP contribution is -2.36. The fraction of sp³-hybridized carbons (Fsp3) is 0.250. The third-order valence-electron chi connectivity index (χ3n) is 5.25. The number of nitrogens with one attached hydrogen (secondary N) is 1. The zero-order chi connectivity index (χ0) is 20.8. The molecule has 0 atom stereocenters. The molecule has 8 nitrogen and oxygen atoms in total. The van der Waals surface area contributed by atoms with E-state index in [1.807, 2.05) is 0 Å². The van der Waals surface area contributed by atoms with Gasteiger partial charge in [0, 0.05) is 25.2 Å². The van der Waals surface area contributed by atoms with E-state index in [2.05, 4.69) is 4.72 Å². The average Bonchev–Trinajstić information content (AvgIpc) is 3.26. The molecule has 29 heavy (non-hydrogen) atoms. The minimum Gasteiger partial charge on any atom is -0.312 e. The van der Waals surface area contributed by atoms with Crippen molar-refractivity contribution < 1.29 is 22.8 Å². The Morgan fingerprint density at radius 2 is 1.72 bits per heavy atom. The van der Waals surface area contributed by atoms with Gasteiger partial charge in [0.15, 0.2) is 0 Å². The number of carbonyl (C=O) groups is 3. The first-order valence-corrected chi connectivity index (χ1v) is 10.6. The number of sulfonamides is 1. The second kappa shape index (κ2) is 7.09. The van der Waals surface area contributed by atoms with Crippen LogP contribution in [0.15, 0.2) is 47.4 Å². The molecule has 1 N–H and O–H groups in total. The van der Waals surface area contributed by atoms with Crippen molar-refractivity contribution in [2.24, 2.45) is 0 Å². The van der Waals surface area contributed by atoms with Crippen molar-refractivity contribution in [3.05, 3.63) is 59.2 Å². The van der Waals surface area contributed by atoms with Crippen molar-refractivity contribution in [3.8, 4) is 0 Å². The molecule has 2 aliphatic heterocycles. The van der Waals surface area contributed by atoms with Gasteiger partial charge in [0.05, 0.1) is 16.0 Å². The molecule has 4 rings (SSSR count). The Labute approximate surface area is 168 Å². The first-order chi connectivity index (χ1) is 13.8. The Kier molecular flexibility index (Phi) is 4.71. The van der Waals surface area contributed by atoms with Gasteiger partial charge >= 0.3 is 0 Å². The Morgan fingerprint density at radius 3 is 2.34 bits per heavy atom. The van der Waals surface area contributed by atoms with Crippen LogP contribution in [0.25, 0.3) is 0 Å². The standard InChI is InChI=1S/C20H19N3O5S/c1-21-29(27,28)14-6-7-17-13(12-14)8-10-22(17)18(24)9-11-23-19(25)15-4-2-3-5-16(15)20(23)26/h2-7,12,21H,8-11H2,1H3. The molecule has 0 aromatic heterocycles. The third-order valence-corrected chi connectivity index (χ3v) is 6.67. The van der Waals surface area contributed by atoms with E-state index < -0.39 is 10.0 Å². The number of nitrogens with zero attached hydrogens (tertiary/aromatic N) is 2. The molecule has 2 aromatic carbocycles. The summed E-state index contributed by atoms with van der Waals surface area (Å²) in [4.78, 5) is 40.4. The summed E-state index contributed by atoms with van der Waals surface area (Å²) in [6.07, 6.45) is 0.544. The number of benzene rings is 2. The molecule has 2 heterocycles. The molecule has 0 saturated carbocycles. The minimum atomic E-state index is -3.55. The van der Waals surface area contributed by atoms with Gasteiger partial charge in [0.2, 0.25) is 15.9 Å². The van der Waals surface area contributed by atoms with Crippen molar-refractivity contribution in [2.75, 3.05) is 25.0 Å². The highest BCUT2D eigenvalue weighted by atomic mass is 32.2. The molecular weight excluding hydrogens is 394 g/mol. The van der Waals surface area contributed by atoms with E-state index >= 15 is 0 Å². The quantitative estimate of drug-likeness (QED) is 0.741. The summed E-state index contributed by atoms with van der Waals surface area (Å²) >= 11 is 0. The second-order valence-corrected chi connectivity index (χ2v) is 8.74. The summed E-state index contributed by atoms with van der Waals surface area (Å²) in [7, 11) is -2.21. The molecule has 2 aliphatic rings. The van der Waals surface area contributed by atoms with Gasteiger partial charge in [0.25, 0.3) is 11.8 Å². The minimum absolute atomic E-state index is 0.00146. The highest BCUT2D eigenvalue weighted by Crippen LogP contribution is 2.31. The molecule has 150 valence electrons. The van der Waals surface area contributed by atoms with Gasteiger partial charge < -0.3 is 4.90 Å². The topological polar surface area (TPSA) is 104 Å². The SMILES string of the molecule is CNS(=O)(=O)c1ccc2c(c1)CCN2C(=O)CCN1C(=O)c2ccccc2C1=O. The van der Waals surface area contributed by atoms with E-state index in [0.29, 0.717) is 29.8 Å². The Morgan fingerprint density at radius 1 is 1.07 bits per heavy atom. The number of amides is 3. The van der Waals surface area contributed by atoms with Crippen LogP contribution >= 0.6 is 0 Å². The van der Waals surface area contributed by atoms with Crippen LogP contribution in [0.3, 0.4) is 0 Å². The van der Waals surface area contributed by atoms with Crippen molar-refractivity contribution >= 4 is 33.4 Å². The van der Waals surface area contributed by atoms with Gasteiger partial charge in [-0.05, 0) is 49.4 Å². The number of rotatable bonds is 5. The summed E-state index contributed by atoms with van der Waals surface area (Å²) in [5, 5.41) is 0. The van der Waals surface area contributed by atoms with Crippen molar-refractivity contribution in [3.63, 3.8) is 0 Å². The van der Waals surface area contributed by atoms with E-state index in [-0.39, 0.29) is 35.6 Å². The van der Waals surface area contributed by atoms with Gasteiger partial charge in [-0.1, -0.05) is 12.1 Å². The molecule has 0 spiro atoms. The molecule has 0 saturated heterocycles. The second-order valence-electron chi connectivity index (χ2n) is 6.85. The third kappa shape index (κ3) is 3.22. The predicted octanol–water partition coefficient (Wildman–Crippen LogP) is 1.17. The Balaban J connectivity index is 1.47. The van der Waals surface area contributed by atoms with Crippen LogP contribution < -0.4 is 9.62 Å². The van der Waals surface area contributed by atoms with E-state index in [1.54, 1.807) is 41.3 Å². The number of carbonyl (C=O) groups excluding carboxylic acids is 3. The largest absolute Gasteiger partial charge is 0.312 e. The summed E-state index contributed by atoms with van der Waals surface area (Å²) in [5.74, 6) is -0.992. The number of fused-ring (bicyclic) bond motifs is 2. The smallest absolute Gasteiger partial charge is 0.261 e. The van der Waals surface area contributed by atoms with Crippen LogP contribution in [-0.2, 0) is 21.2 Å². The zero-order valence-electron chi connectivity index (χ0n) is 15.7. The number of hydrogen-bond donors (Lipinski definition) is 1. The summed E-state index contributed by atoms with van der Waals surface area (Å²) in [6, 6.07) is 11.2. The number of imide groups is 1.